The molecular weight excluding hydrogens is 200 g/mol. The summed E-state index contributed by atoms with van der Waals surface area (Å²) in [5.41, 5.74) is 2.42. The van der Waals surface area contributed by atoms with Crippen molar-refractivity contribution < 1.29 is 9.53 Å². The van der Waals surface area contributed by atoms with Gasteiger partial charge in [-0.2, -0.15) is 0 Å². The van der Waals surface area contributed by atoms with Crippen molar-refractivity contribution in [2.75, 3.05) is 0 Å². The molecule has 0 N–H and O–H groups in total. The third kappa shape index (κ3) is 3.69. The van der Waals surface area contributed by atoms with E-state index in [1.807, 2.05) is 12.1 Å². The van der Waals surface area contributed by atoms with Crippen LogP contribution in [0, 0.1) is 6.92 Å². The predicted octanol–water partition coefficient (Wildman–Crippen LogP) is 3.30. The number of aldehydes is 1. The fourth-order valence-electron chi connectivity index (χ4n) is 1.55. The van der Waals surface area contributed by atoms with Gasteiger partial charge in [-0.1, -0.05) is 13.0 Å². The number of rotatable bonds is 6. The zero-order valence-corrected chi connectivity index (χ0v) is 10.3. The molecule has 0 spiro atoms. The molecule has 0 fully saturated rings. The predicted molar refractivity (Wildman–Crippen MR) is 65.9 cm³/mol. The molecule has 1 rings (SSSR count). The Balaban J connectivity index is 2.70. The Morgan fingerprint density at radius 1 is 1.44 bits per heavy atom. The number of aryl methyl sites for hydroxylation is 2. The molecule has 0 amide bonds. The van der Waals surface area contributed by atoms with Crippen LogP contribution < -0.4 is 4.74 Å². The Morgan fingerprint density at radius 2 is 2.19 bits per heavy atom. The van der Waals surface area contributed by atoms with E-state index in [1.165, 1.54) is 11.1 Å². The third-order valence-electron chi connectivity index (χ3n) is 2.76. The number of hydrogen-bond donors (Lipinski definition) is 0. The second-order valence-corrected chi connectivity index (χ2v) is 4.13. The van der Waals surface area contributed by atoms with Crippen molar-refractivity contribution in [1.29, 1.82) is 0 Å². The van der Waals surface area contributed by atoms with Gasteiger partial charge in [-0.25, -0.2) is 0 Å². The molecule has 0 saturated heterocycles. The summed E-state index contributed by atoms with van der Waals surface area (Å²) in [6, 6.07) is 6.09. The lowest BCUT2D eigenvalue weighted by Gasteiger charge is -2.14. The molecule has 2 heteroatoms. The molecule has 1 unspecified atom stereocenters. The van der Waals surface area contributed by atoms with E-state index in [9.17, 15) is 4.79 Å². The first-order chi connectivity index (χ1) is 7.67. The van der Waals surface area contributed by atoms with E-state index in [4.69, 9.17) is 4.74 Å². The topological polar surface area (TPSA) is 26.3 Å². The summed E-state index contributed by atoms with van der Waals surface area (Å²) in [5.74, 6) is 0.918. The fraction of sp³-hybridized carbons (Fsp3) is 0.500. The van der Waals surface area contributed by atoms with Crippen LogP contribution in [0.3, 0.4) is 0 Å². The number of carbonyl (C=O) groups excluding carboxylic acids is 1. The van der Waals surface area contributed by atoms with E-state index in [-0.39, 0.29) is 6.10 Å². The zero-order chi connectivity index (χ0) is 12.0. The highest BCUT2D eigenvalue weighted by Gasteiger charge is 2.04. The standard InChI is InChI=1S/C14H20O2/c1-4-12(3)16-14-8-7-13(6-5-9-15)11(2)10-14/h7-10,12H,4-6H2,1-3H3. The van der Waals surface area contributed by atoms with Crippen molar-refractivity contribution in [2.45, 2.75) is 46.1 Å². The van der Waals surface area contributed by atoms with Gasteiger partial charge in [0.1, 0.15) is 12.0 Å². The lowest BCUT2D eigenvalue weighted by atomic mass is 10.0. The van der Waals surface area contributed by atoms with Crippen molar-refractivity contribution >= 4 is 6.29 Å². The Labute approximate surface area is 97.6 Å². The molecule has 1 atom stereocenters. The number of benzene rings is 1. The van der Waals surface area contributed by atoms with Crippen molar-refractivity contribution in [3.63, 3.8) is 0 Å². The molecule has 0 aliphatic heterocycles. The molecule has 16 heavy (non-hydrogen) atoms. The fourth-order valence-corrected chi connectivity index (χ4v) is 1.55. The van der Waals surface area contributed by atoms with E-state index >= 15 is 0 Å². The second-order valence-electron chi connectivity index (χ2n) is 4.13. The van der Waals surface area contributed by atoms with Gasteiger partial charge in [0.2, 0.25) is 0 Å². The lowest BCUT2D eigenvalue weighted by molar-refractivity contribution is -0.107. The smallest absolute Gasteiger partial charge is 0.120 e. The van der Waals surface area contributed by atoms with Crippen molar-refractivity contribution in [1.82, 2.24) is 0 Å². The van der Waals surface area contributed by atoms with Crippen molar-refractivity contribution in [2.24, 2.45) is 0 Å². The molecule has 0 aliphatic carbocycles. The monoisotopic (exact) mass is 220 g/mol. The molecule has 0 saturated carbocycles. The average molecular weight is 220 g/mol. The second kappa shape index (κ2) is 6.31. The molecule has 2 nitrogen and oxygen atoms in total. The first-order valence-corrected chi connectivity index (χ1v) is 5.87. The summed E-state index contributed by atoms with van der Waals surface area (Å²) in [4.78, 5) is 10.3. The van der Waals surface area contributed by atoms with E-state index < -0.39 is 0 Å². The minimum absolute atomic E-state index is 0.250. The molecule has 0 radical (unpaired) electrons. The molecular formula is C14H20O2. The van der Waals surface area contributed by atoms with E-state index in [0.29, 0.717) is 6.42 Å². The van der Waals surface area contributed by atoms with Crippen molar-refractivity contribution in [3.05, 3.63) is 29.3 Å². The van der Waals surface area contributed by atoms with E-state index in [1.54, 1.807) is 0 Å². The highest BCUT2D eigenvalue weighted by atomic mass is 16.5. The van der Waals surface area contributed by atoms with Crippen LogP contribution in [0.1, 0.15) is 37.8 Å². The Hall–Kier alpha value is -1.31. The molecule has 0 aliphatic rings. The van der Waals surface area contributed by atoms with Gasteiger partial charge in [-0.15, -0.1) is 0 Å². The number of ether oxygens (including phenoxy) is 1. The van der Waals surface area contributed by atoms with Crippen LogP contribution in [0.4, 0.5) is 0 Å². The van der Waals surface area contributed by atoms with E-state index in [2.05, 4.69) is 26.8 Å². The average Bonchev–Trinajstić information content (AvgIpc) is 2.28. The van der Waals surface area contributed by atoms with Gasteiger partial charge in [0.15, 0.2) is 0 Å². The summed E-state index contributed by atoms with van der Waals surface area (Å²) in [7, 11) is 0. The van der Waals surface area contributed by atoms with Gasteiger partial charge in [0.05, 0.1) is 6.10 Å². The molecule has 0 bridgehead atoms. The minimum Gasteiger partial charge on any atom is -0.491 e. The largest absolute Gasteiger partial charge is 0.491 e. The van der Waals surface area contributed by atoms with E-state index in [0.717, 1.165) is 24.9 Å². The Kier molecular flexibility index (Phi) is 5.03. The van der Waals surface area contributed by atoms with Crippen LogP contribution in [-0.2, 0) is 11.2 Å². The summed E-state index contributed by atoms with van der Waals surface area (Å²) in [5, 5.41) is 0. The Morgan fingerprint density at radius 3 is 2.75 bits per heavy atom. The number of carbonyl (C=O) groups is 1. The highest BCUT2D eigenvalue weighted by molar-refractivity contribution is 5.50. The van der Waals surface area contributed by atoms with Gasteiger partial charge < -0.3 is 9.53 Å². The summed E-state index contributed by atoms with van der Waals surface area (Å²) in [6.45, 7) is 6.23. The van der Waals surface area contributed by atoms with Crippen LogP contribution in [0.25, 0.3) is 0 Å². The van der Waals surface area contributed by atoms with Gasteiger partial charge in [0.25, 0.3) is 0 Å². The van der Waals surface area contributed by atoms with Crippen LogP contribution in [0.2, 0.25) is 0 Å². The van der Waals surface area contributed by atoms with Crippen LogP contribution in [0.15, 0.2) is 18.2 Å². The minimum atomic E-state index is 0.250. The summed E-state index contributed by atoms with van der Waals surface area (Å²) >= 11 is 0. The molecule has 1 aromatic rings. The Bertz CT molecular complexity index is 345. The first kappa shape index (κ1) is 12.8. The molecule has 0 heterocycles. The maximum absolute atomic E-state index is 10.3. The van der Waals surface area contributed by atoms with Crippen LogP contribution in [-0.4, -0.2) is 12.4 Å². The van der Waals surface area contributed by atoms with Gasteiger partial charge in [0, 0.05) is 6.42 Å². The number of hydrogen-bond acceptors (Lipinski definition) is 2. The summed E-state index contributed by atoms with van der Waals surface area (Å²) < 4.78 is 5.73. The summed E-state index contributed by atoms with van der Waals surface area (Å²) in [6.07, 6.45) is 3.63. The lowest BCUT2D eigenvalue weighted by Crippen LogP contribution is -2.09. The zero-order valence-electron chi connectivity index (χ0n) is 10.3. The van der Waals surface area contributed by atoms with Crippen LogP contribution >= 0.6 is 0 Å². The quantitative estimate of drug-likeness (QED) is 0.687. The van der Waals surface area contributed by atoms with Gasteiger partial charge >= 0.3 is 0 Å². The first-order valence-electron chi connectivity index (χ1n) is 5.87. The SMILES string of the molecule is CCC(C)Oc1ccc(CCC=O)c(C)c1. The maximum Gasteiger partial charge on any atom is 0.120 e. The maximum atomic E-state index is 10.3. The van der Waals surface area contributed by atoms with Crippen molar-refractivity contribution in [3.8, 4) is 5.75 Å². The molecule has 0 aromatic heterocycles. The normalized spacial score (nSPS) is 12.2. The van der Waals surface area contributed by atoms with Gasteiger partial charge in [-0.05, 0) is 49.9 Å². The highest BCUT2D eigenvalue weighted by Crippen LogP contribution is 2.19. The third-order valence-corrected chi connectivity index (χ3v) is 2.76. The molecule has 1 aromatic carbocycles. The molecule has 88 valence electrons. The van der Waals surface area contributed by atoms with Gasteiger partial charge in [-0.3, -0.25) is 0 Å². The van der Waals surface area contributed by atoms with Crippen LogP contribution in [0.5, 0.6) is 5.75 Å².